The summed E-state index contributed by atoms with van der Waals surface area (Å²) in [4.78, 5) is 0. The molecule has 0 aromatic heterocycles. The third kappa shape index (κ3) is 4.87. The Kier molecular flexibility index (Phi) is 5.63. The van der Waals surface area contributed by atoms with Crippen molar-refractivity contribution in [3.8, 4) is 11.5 Å². The van der Waals surface area contributed by atoms with E-state index in [2.05, 4.69) is 18.3 Å². The zero-order valence-electron chi connectivity index (χ0n) is 11.1. The van der Waals surface area contributed by atoms with E-state index in [0.717, 1.165) is 29.5 Å². The monoisotopic (exact) mass is 273 g/mol. The van der Waals surface area contributed by atoms with Crippen LogP contribution in [-0.4, -0.2) is 18.1 Å². The number of benzene rings is 2. The topological polar surface area (TPSA) is 21.3 Å². The third-order valence-electron chi connectivity index (χ3n) is 2.59. The van der Waals surface area contributed by atoms with Gasteiger partial charge in [0.2, 0.25) is 0 Å². The number of nitrogens with one attached hydrogen (secondary N) is 1. The van der Waals surface area contributed by atoms with Crippen molar-refractivity contribution in [3.05, 3.63) is 54.6 Å². The fraction of sp³-hybridized carbons (Fsp3) is 0.250. The minimum Gasteiger partial charge on any atom is -0.457 e. The molecule has 2 aromatic rings. The Hall–Kier alpha value is -1.61. The molecular formula is C16H19NOS. The Labute approximate surface area is 119 Å². The first-order chi connectivity index (χ1) is 9.38. The maximum atomic E-state index is 5.80. The first kappa shape index (κ1) is 13.8. The second-order valence-electron chi connectivity index (χ2n) is 4.07. The van der Waals surface area contributed by atoms with Crippen molar-refractivity contribution in [2.75, 3.05) is 23.4 Å². The lowest BCUT2D eigenvalue weighted by Gasteiger charge is -2.09. The molecule has 0 unspecified atom stereocenters. The fourth-order valence-electron chi connectivity index (χ4n) is 1.71. The normalized spacial score (nSPS) is 10.2. The molecule has 0 atom stereocenters. The first-order valence-corrected chi connectivity index (χ1v) is 7.68. The summed E-state index contributed by atoms with van der Waals surface area (Å²) in [5.74, 6) is 4.01. The average molecular weight is 273 g/mol. The molecule has 0 spiro atoms. The van der Waals surface area contributed by atoms with Crippen LogP contribution in [-0.2, 0) is 0 Å². The quantitative estimate of drug-likeness (QED) is 0.742. The molecule has 2 nitrogen and oxygen atoms in total. The number of hydrogen-bond acceptors (Lipinski definition) is 3. The smallest absolute Gasteiger partial charge is 0.129 e. The van der Waals surface area contributed by atoms with E-state index in [-0.39, 0.29) is 0 Å². The molecule has 0 aliphatic carbocycles. The van der Waals surface area contributed by atoms with Gasteiger partial charge in [0.25, 0.3) is 0 Å². The van der Waals surface area contributed by atoms with Crippen LogP contribution in [0.1, 0.15) is 6.92 Å². The van der Waals surface area contributed by atoms with Gasteiger partial charge in [-0.2, -0.15) is 11.8 Å². The van der Waals surface area contributed by atoms with Crippen LogP contribution in [0, 0.1) is 0 Å². The molecule has 0 saturated carbocycles. The Balaban J connectivity index is 1.91. The minimum atomic E-state index is 0.861. The van der Waals surface area contributed by atoms with Crippen LogP contribution in [0.2, 0.25) is 0 Å². The van der Waals surface area contributed by atoms with Crippen molar-refractivity contribution in [2.24, 2.45) is 0 Å². The highest BCUT2D eigenvalue weighted by Crippen LogP contribution is 2.23. The Morgan fingerprint density at radius 1 is 1.00 bits per heavy atom. The molecule has 0 saturated heterocycles. The van der Waals surface area contributed by atoms with E-state index in [1.54, 1.807) is 0 Å². The van der Waals surface area contributed by atoms with Crippen molar-refractivity contribution in [2.45, 2.75) is 6.92 Å². The minimum absolute atomic E-state index is 0.861. The Morgan fingerprint density at radius 2 is 1.79 bits per heavy atom. The van der Waals surface area contributed by atoms with Crippen LogP contribution < -0.4 is 10.1 Å². The van der Waals surface area contributed by atoms with Crippen molar-refractivity contribution in [1.29, 1.82) is 0 Å². The number of para-hydroxylation sites is 1. The second-order valence-corrected chi connectivity index (χ2v) is 5.46. The van der Waals surface area contributed by atoms with E-state index in [9.17, 15) is 0 Å². The molecule has 3 heteroatoms. The molecule has 0 aliphatic rings. The van der Waals surface area contributed by atoms with Crippen LogP contribution >= 0.6 is 11.8 Å². The van der Waals surface area contributed by atoms with Crippen molar-refractivity contribution in [3.63, 3.8) is 0 Å². The summed E-state index contributed by atoms with van der Waals surface area (Å²) in [6.07, 6.45) is 0. The number of ether oxygens (including phenoxy) is 1. The Bertz CT molecular complexity index is 487. The highest BCUT2D eigenvalue weighted by Gasteiger charge is 1.98. The summed E-state index contributed by atoms with van der Waals surface area (Å²) in [5, 5.41) is 3.40. The van der Waals surface area contributed by atoms with Crippen molar-refractivity contribution >= 4 is 17.4 Å². The van der Waals surface area contributed by atoms with Crippen LogP contribution in [0.4, 0.5) is 5.69 Å². The maximum absolute atomic E-state index is 5.80. The molecule has 2 aromatic carbocycles. The van der Waals surface area contributed by atoms with Crippen molar-refractivity contribution < 1.29 is 4.74 Å². The standard InChI is InChI=1S/C16H19NOS/c1-2-19-12-11-17-14-7-6-10-16(13-14)18-15-8-4-3-5-9-15/h3-10,13,17H,2,11-12H2,1H3. The third-order valence-corrected chi connectivity index (χ3v) is 3.49. The van der Waals surface area contributed by atoms with Gasteiger partial charge in [0.05, 0.1) is 0 Å². The lowest BCUT2D eigenvalue weighted by molar-refractivity contribution is 0.483. The summed E-state index contributed by atoms with van der Waals surface area (Å²) in [5.41, 5.74) is 1.10. The van der Waals surface area contributed by atoms with E-state index in [0.29, 0.717) is 0 Å². The number of rotatable bonds is 7. The SMILES string of the molecule is CCSCCNc1cccc(Oc2ccccc2)c1. The molecule has 2 rings (SSSR count). The number of thioether (sulfide) groups is 1. The zero-order valence-corrected chi connectivity index (χ0v) is 12.0. The van der Waals surface area contributed by atoms with E-state index < -0.39 is 0 Å². The molecule has 1 N–H and O–H groups in total. The summed E-state index contributed by atoms with van der Waals surface area (Å²) in [7, 11) is 0. The highest BCUT2D eigenvalue weighted by molar-refractivity contribution is 7.99. The van der Waals surface area contributed by atoms with Crippen LogP contribution in [0.5, 0.6) is 11.5 Å². The van der Waals surface area contributed by atoms with Gasteiger partial charge in [0, 0.05) is 24.1 Å². The molecule has 0 heterocycles. The summed E-state index contributed by atoms with van der Waals surface area (Å²) < 4.78 is 5.80. The summed E-state index contributed by atoms with van der Waals surface area (Å²) in [6, 6.07) is 17.9. The molecule has 0 radical (unpaired) electrons. The molecule has 0 aliphatic heterocycles. The highest BCUT2D eigenvalue weighted by atomic mass is 32.2. The van der Waals surface area contributed by atoms with Gasteiger partial charge in [-0.15, -0.1) is 0 Å². The fourth-order valence-corrected chi connectivity index (χ4v) is 2.24. The van der Waals surface area contributed by atoms with Gasteiger partial charge in [-0.3, -0.25) is 0 Å². The molecule has 0 fully saturated rings. The molecular weight excluding hydrogens is 254 g/mol. The van der Waals surface area contributed by atoms with Crippen LogP contribution in [0.3, 0.4) is 0 Å². The van der Waals surface area contributed by atoms with Crippen molar-refractivity contribution in [1.82, 2.24) is 0 Å². The van der Waals surface area contributed by atoms with Gasteiger partial charge >= 0.3 is 0 Å². The average Bonchev–Trinajstić information content (AvgIpc) is 2.45. The second kappa shape index (κ2) is 7.74. The maximum Gasteiger partial charge on any atom is 0.129 e. The van der Waals surface area contributed by atoms with Gasteiger partial charge in [0.15, 0.2) is 0 Å². The molecule has 19 heavy (non-hydrogen) atoms. The zero-order chi connectivity index (χ0) is 13.3. The van der Waals surface area contributed by atoms with Crippen LogP contribution in [0.15, 0.2) is 54.6 Å². The van der Waals surface area contributed by atoms with E-state index >= 15 is 0 Å². The van der Waals surface area contributed by atoms with Gasteiger partial charge in [-0.1, -0.05) is 31.2 Å². The van der Waals surface area contributed by atoms with Gasteiger partial charge in [-0.05, 0) is 30.0 Å². The number of anilines is 1. The van der Waals surface area contributed by atoms with E-state index in [1.165, 1.54) is 5.75 Å². The molecule has 100 valence electrons. The predicted molar refractivity (Wildman–Crippen MR) is 84.4 cm³/mol. The lowest BCUT2D eigenvalue weighted by Crippen LogP contribution is -2.04. The van der Waals surface area contributed by atoms with E-state index in [4.69, 9.17) is 4.74 Å². The van der Waals surface area contributed by atoms with E-state index in [1.807, 2.05) is 60.3 Å². The largest absolute Gasteiger partial charge is 0.457 e. The molecule has 0 bridgehead atoms. The Morgan fingerprint density at radius 3 is 2.58 bits per heavy atom. The predicted octanol–water partition coefficient (Wildman–Crippen LogP) is 4.64. The summed E-state index contributed by atoms with van der Waals surface area (Å²) >= 11 is 1.94. The number of hydrogen-bond donors (Lipinski definition) is 1. The van der Waals surface area contributed by atoms with Gasteiger partial charge in [0.1, 0.15) is 11.5 Å². The van der Waals surface area contributed by atoms with Gasteiger partial charge < -0.3 is 10.1 Å². The molecule has 0 amide bonds. The lowest BCUT2D eigenvalue weighted by atomic mass is 10.3. The van der Waals surface area contributed by atoms with Gasteiger partial charge in [-0.25, -0.2) is 0 Å². The summed E-state index contributed by atoms with van der Waals surface area (Å²) in [6.45, 7) is 3.16. The van der Waals surface area contributed by atoms with Crippen LogP contribution in [0.25, 0.3) is 0 Å². The first-order valence-electron chi connectivity index (χ1n) is 6.53.